The fourth-order valence-corrected chi connectivity index (χ4v) is 6.31. The zero-order valence-corrected chi connectivity index (χ0v) is 25.5. The standard InChI is InChI=1S/C34H39ClN4O2S/c35-30-14-12-27(13-15-30)24-39(19-16-31(28-8-3-1-4-9-28)29-10-5-2-6-11-29)25-33-37-32(26-42-33)34(40)36-17-7-18-38-20-22-41-23-21-38/h1-6,8-15,26,31H,7,16-25H2,(H,36,40). The molecule has 1 N–H and O–H groups in total. The smallest absolute Gasteiger partial charge is 0.270 e. The second kappa shape index (κ2) is 16.0. The molecule has 0 aliphatic carbocycles. The van der Waals surface area contributed by atoms with Gasteiger partial charge in [0.25, 0.3) is 5.91 Å². The van der Waals surface area contributed by atoms with E-state index < -0.39 is 0 Å². The lowest BCUT2D eigenvalue weighted by Crippen LogP contribution is -2.38. The zero-order chi connectivity index (χ0) is 29.0. The van der Waals surface area contributed by atoms with Gasteiger partial charge in [0, 0.05) is 42.5 Å². The van der Waals surface area contributed by atoms with Crippen LogP contribution < -0.4 is 5.32 Å². The summed E-state index contributed by atoms with van der Waals surface area (Å²) in [5.74, 6) is 0.187. The van der Waals surface area contributed by atoms with Gasteiger partial charge in [0.1, 0.15) is 10.7 Å². The van der Waals surface area contributed by atoms with E-state index in [9.17, 15) is 4.79 Å². The van der Waals surface area contributed by atoms with Crippen molar-refractivity contribution < 1.29 is 9.53 Å². The van der Waals surface area contributed by atoms with Crippen LogP contribution in [0, 0.1) is 0 Å². The first-order chi connectivity index (χ1) is 20.6. The number of hydrogen-bond acceptors (Lipinski definition) is 6. The van der Waals surface area contributed by atoms with Crippen LogP contribution in [0.25, 0.3) is 0 Å². The Morgan fingerprint density at radius 3 is 2.29 bits per heavy atom. The highest BCUT2D eigenvalue weighted by Gasteiger charge is 2.19. The van der Waals surface area contributed by atoms with Crippen molar-refractivity contribution >= 4 is 28.8 Å². The second-order valence-electron chi connectivity index (χ2n) is 10.7. The van der Waals surface area contributed by atoms with Crippen LogP contribution in [0.5, 0.6) is 0 Å². The second-order valence-corrected chi connectivity index (χ2v) is 12.1. The van der Waals surface area contributed by atoms with Gasteiger partial charge in [0.15, 0.2) is 0 Å². The number of nitrogens with zero attached hydrogens (tertiary/aromatic N) is 3. The molecule has 2 heterocycles. The fourth-order valence-electron chi connectivity index (χ4n) is 5.37. The Hall–Kier alpha value is -3.07. The minimum atomic E-state index is -0.100. The van der Waals surface area contributed by atoms with E-state index >= 15 is 0 Å². The van der Waals surface area contributed by atoms with E-state index in [0.717, 1.165) is 68.8 Å². The summed E-state index contributed by atoms with van der Waals surface area (Å²) >= 11 is 7.72. The van der Waals surface area contributed by atoms with Crippen LogP contribution >= 0.6 is 22.9 Å². The molecule has 42 heavy (non-hydrogen) atoms. The molecule has 220 valence electrons. The van der Waals surface area contributed by atoms with Crippen LogP contribution in [-0.4, -0.2) is 66.6 Å². The predicted octanol–water partition coefficient (Wildman–Crippen LogP) is 6.47. The molecule has 0 saturated carbocycles. The lowest BCUT2D eigenvalue weighted by Gasteiger charge is -2.26. The minimum Gasteiger partial charge on any atom is -0.379 e. The third kappa shape index (κ3) is 9.21. The molecule has 0 spiro atoms. The van der Waals surface area contributed by atoms with Crippen LogP contribution in [0.3, 0.4) is 0 Å². The van der Waals surface area contributed by atoms with Crippen molar-refractivity contribution in [2.24, 2.45) is 0 Å². The molecule has 0 radical (unpaired) electrons. The molecule has 1 aliphatic rings. The lowest BCUT2D eigenvalue weighted by molar-refractivity contribution is 0.0374. The normalized spacial score (nSPS) is 14.0. The van der Waals surface area contributed by atoms with Crippen molar-refractivity contribution in [3.63, 3.8) is 0 Å². The van der Waals surface area contributed by atoms with Gasteiger partial charge >= 0.3 is 0 Å². The number of carbonyl (C=O) groups excluding carboxylic acids is 1. The van der Waals surface area contributed by atoms with E-state index in [1.807, 2.05) is 17.5 Å². The number of thiazole rings is 1. The number of morpholine rings is 1. The van der Waals surface area contributed by atoms with Crippen molar-refractivity contribution in [2.75, 3.05) is 45.9 Å². The largest absolute Gasteiger partial charge is 0.379 e. The Balaban J connectivity index is 1.22. The maximum Gasteiger partial charge on any atom is 0.270 e. The van der Waals surface area contributed by atoms with Crippen LogP contribution in [-0.2, 0) is 17.8 Å². The molecule has 1 aromatic heterocycles. The Bertz CT molecular complexity index is 1320. The van der Waals surface area contributed by atoms with Gasteiger partial charge in [-0.2, -0.15) is 0 Å². The van der Waals surface area contributed by atoms with Gasteiger partial charge in [-0.3, -0.25) is 14.6 Å². The molecule has 1 saturated heterocycles. The van der Waals surface area contributed by atoms with Crippen molar-refractivity contribution in [2.45, 2.75) is 31.8 Å². The quantitative estimate of drug-likeness (QED) is 0.168. The monoisotopic (exact) mass is 602 g/mol. The molecular weight excluding hydrogens is 564 g/mol. The van der Waals surface area contributed by atoms with Crippen LogP contribution in [0.1, 0.15) is 50.9 Å². The summed E-state index contributed by atoms with van der Waals surface area (Å²) in [7, 11) is 0. The molecule has 1 fully saturated rings. The average Bonchev–Trinajstić information content (AvgIpc) is 3.50. The molecule has 0 bridgehead atoms. The van der Waals surface area contributed by atoms with Crippen molar-refractivity contribution in [3.05, 3.63) is 123 Å². The number of benzene rings is 3. The number of ether oxygens (including phenoxy) is 1. The highest BCUT2D eigenvalue weighted by Crippen LogP contribution is 2.29. The van der Waals surface area contributed by atoms with E-state index in [1.54, 1.807) is 11.3 Å². The highest BCUT2D eigenvalue weighted by atomic mass is 35.5. The maximum absolute atomic E-state index is 12.8. The molecule has 3 aromatic carbocycles. The molecule has 0 unspecified atom stereocenters. The third-order valence-corrected chi connectivity index (χ3v) is 8.73. The Morgan fingerprint density at radius 2 is 1.62 bits per heavy atom. The average molecular weight is 603 g/mol. The first kappa shape index (κ1) is 30.4. The Morgan fingerprint density at radius 1 is 0.952 bits per heavy atom. The summed E-state index contributed by atoms with van der Waals surface area (Å²) in [5.41, 5.74) is 4.33. The molecule has 8 heteroatoms. The number of rotatable bonds is 14. The highest BCUT2D eigenvalue weighted by molar-refractivity contribution is 7.09. The molecule has 1 amide bonds. The molecule has 5 rings (SSSR count). The van der Waals surface area contributed by atoms with Crippen molar-refractivity contribution in [1.82, 2.24) is 20.1 Å². The van der Waals surface area contributed by atoms with Gasteiger partial charge in [-0.25, -0.2) is 4.98 Å². The number of carbonyl (C=O) groups is 1. The summed E-state index contributed by atoms with van der Waals surface area (Å²) in [6, 6.07) is 29.5. The lowest BCUT2D eigenvalue weighted by atomic mass is 9.88. The van der Waals surface area contributed by atoms with Gasteiger partial charge in [0.05, 0.1) is 19.8 Å². The Labute approximate surface area is 258 Å². The van der Waals surface area contributed by atoms with Gasteiger partial charge < -0.3 is 10.1 Å². The van der Waals surface area contributed by atoms with Crippen LogP contribution in [0.4, 0.5) is 0 Å². The number of aromatic nitrogens is 1. The fraction of sp³-hybridized carbons (Fsp3) is 0.353. The van der Waals surface area contributed by atoms with Gasteiger partial charge in [-0.1, -0.05) is 84.4 Å². The van der Waals surface area contributed by atoms with E-state index in [4.69, 9.17) is 21.3 Å². The first-order valence-corrected chi connectivity index (χ1v) is 16.0. The molecule has 1 aliphatic heterocycles. The number of nitrogens with one attached hydrogen (secondary N) is 1. The van der Waals surface area contributed by atoms with Crippen LogP contribution in [0.15, 0.2) is 90.3 Å². The minimum absolute atomic E-state index is 0.100. The summed E-state index contributed by atoms with van der Waals surface area (Å²) in [6.07, 6.45) is 1.88. The van der Waals surface area contributed by atoms with E-state index in [0.29, 0.717) is 18.8 Å². The first-order valence-electron chi connectivity index (χ1n) is 14.7. The topological polar surface area (TPSA) is 57.7 Å². The maximum atomic E-state index is 12.8. The number of hydrogen-bond donors (Lipinski definition) is 1. The summed E-state index contributed by atoms with van der Waals surface area (Å²) < 4.78 is 5.41. The summed E-state index contributed by atoms with van der Waals surface area (Å²) in [6.45, 7) is 7.46. The third-order valence-electron chi connectivity index (χ3n) is 7.64. The van der Waals surface area contributed by atoms with Crippen molar-refractivity contribution in [1.29, 1.82) is 0 Å². The molecule has 0 atom stereocenters. The van der Waals surface area contributed by atoms with E-state index in [-0.39, 0.29) is 11.8 Å². The van der Waals surface area contributed by atoms with Gasteiger partial charge in [-0.05, 0) is 54.8 Å². The van der Waals surface area contributed by atoms with Gasteiger partial charge in [0.2, 0.25) is 0 Å². The predicted molar refractivity (Wildman–Crippen MR) is 171 cm³/mol. The number of halogens is 1. The van der Waals surface area contributed by atoms with E-state index in [1.165, 1.54) is 16.7 Å². The SMILES string of the molecule is O=C(NCCCN1CCOCC1)c1csc(CN(CCC(c2ccccc2)c2ccccc2)Cc2ccc(Cl)cc2)n1. The molecule has 4 aromatic rings. The molecular formula is C34H39ClN4O2S. The zero-order valence-electron chi connectivity index (χ0n) is 24.0. The number of amides is 1. The molecule has 6 nitrogen and oxygen atoms in total. The van der Waals surface area contributed by atoms with Crippen molar-refractivity contribution in [3.8, 4) is 0 Å². The van der Waals surface area contributed by atoms with E-state index in [2.05, 4.69) is 87.9 Å². The van der Waals surface area contributed by atoms with Gasteiger partial charge in [-0.15, -0.1) is 11.3 Å². The van der Waals surface area contributed by atoms with Crippen LogP contribution in [0.2, 0.25) is 5.02 Å². The Kier molecular flexibility index (Phi) is 11.5. The summed E-state index contributed by atoms with van der Waals surface area (Å²) in [4.78, 5) is 22.4. The summed E-state index contributed by atoms with van der Waals surface area (Å²) in [5, 5.41) is 6.60.